The maximum absolute atomic E-state index is 5.99. The summed E-state index contributed by atoms with van der Waals surface area (Å²) in [7, 11) is 1.99. The van der Waals surface area contributed by atoms with Crippen LogP contribution in [-0.2, 0) is 6.54 Å². The van der Waals surface area contributed by atoms with Crippen LogP contribution in [0.3, 0.4) is 0 Å². The number of aromatic nitrogens is 1. The Morgan fingerprint density at radius 2 is 2.06 bits per heavy atom. The van der Waals surface area contributed by atoms with Crippen molar-refractivity contribution in [3.8, 4) is 0 Å². The first-order chi connectivity index (χ1) is 8.56. The number of hydrogen-bond acceptors (Lipinski definition) is 3. The largest absolute Gasteiger partial charge is 0.397 e. The lowest BCUT2D eigenvalue weighted by Crippen LogP contribution is -2.18. The van der Waals surface area contributed by atoms with Gasteiger partial charge in [0.15, 0.2) is 0 Å². The molecule has 2 aromatic rings. The molecule has 0 saturated heterocycles. The Morgan fingerprint density at radius 3 is 2.78 bits per heavy atom. The zero-order valence-corrected chi connectivity index (χ0v) is 11.3. The van der Waals surface area contributed by atoms with Crippen molar-refractivity contribution in [2.75, 3.05) is 17.7 Å². The highest BCUT2D eigenvalue weighted by Gasteiger charge is 2.07. The van der Waals surface area contributed by atoms with Gasteiger partial charge in [-0.2, -0.15) is 0 Å². The van der Waals surface area contributed by atoms with Gasteiger partial charge in [-0.05, 0) is 36.2 Å². The van der Waals surface area contributed by atoms with Crippen molar-refractivity contribution in [3.63, 3.8) is 0 Å². The minimum atomic E-state index is 0.688. The molecule has 0 amide bonds. The summed E-state index contributed by atoms with van der Waals surface area (Å²) in [6.07, 6.45) is 3.71. The molecular formula is C14H16ClN3. The van der Waals surface area contributed by atoms with E-state index >= 15 is 0 Å². The summed E-state index contributed by atoms with van der Waals surface area (Å²) >= 11 is 5.99. The van der Waals surface area contributed by atoms with E-state index in [1.54, 1.807) is 6.07 Å². The molecule has 2 N–H and O–H groups in total. The lowest BCUT2D eigenvalue weighted by Gasteiger charge is -2.21. The monoisotopic (exact) mass is 261 g/mol. The maximum Gasteiger partial charge on any atom is 0.0615 e. The first-order valence-corrected chi connectivity index (χ1v) is 6.11. The quantitative estimate of drug-likeness (QED) is 0.863. The Bertz CT molecular complexity index is 554. The van der Waals surface area contributed by atoms with Gasteiger partial charge in [0.05, 0.1) is 11.4 Å². The van der Waals surface area contributed by atoms with Gasteiger partial charge < -0.3 is 10.6 Å². The van der Waals surface area contributed by atoms with E-state index < -0.39 is 0 Å². The van der Waals surface area contributed by atoms with Crippen molar-refractivity contribution in [3.05, 3.63) is 52.8 Å². The van der Waals surface area contributed by atoms with Crippen LogP contribution in [0.2, 0.25) is 5.02 Å². The summed E-state index contributed by atoms with van der Waals surface area (Å²) in [4.78, 5) is 6.25. The van der Waals surface area contributed by atoms with Crippen LogP contribution < -0.4 is 10.6 Å². The van der Waals surface area contributed by atoms with Crippen molar-refractivity contribution in [2.45, 2.75) is 13.5 Å². The second-order valence-corrected chi connectivity index (χ2v) is 4.87. The van der Waals surface area contributed by atoms with Gasteiger partial charge in [0.2, 0.25) is 0 Å². The molecule has 2 rings (SSSR count). The predicted octanol–water partition coefficient (Wildman–Crippen LogP) is 3.26. The first kappa shape index (κ1) is 12.7. The van der Waals surface area contributed by atoms with E-state index in [9.17, 15) is 0 Å². The molecule has 18 heavy (non-hydrogen) atoms. The highest BCUT2D eigenvalue weighted by molar-refractivity contribution is 6.31. The molecule has 1 heterocycles. The molecule has 0 aliphatic heterocycles. The van der Waals surface area contributed by atoms with E-state index in [0.29, 0.717) is 5.02 Å². The minimum absolute atomic E-state index is 0.688. The number of halogens is 1. The molecule has 0 aliphatic rings. The molecule has 3 nitrogen and oxygen atoms in total. The number of rotatable bonds is 3. The summed E-state index contributed by atoms with van der Waals surface area (Å²) in [6, 6.07) is 7.61. The SMILES string of the molecule is Cc1cncc(CN(C)c2cc(Cl)ccc2N)c1. The van der Waals surface area contributed by atoms with Gasteiger partial charge in [-0.3, -0.25) is 4.98 Å². The first-order valence-electron chi connectivity index (χ1n) is 5.73. The lowest BCUT2D eigenvalue weighted by atomic mass is 10.2. The van der Waals surface area contributed by atoms with Gasteiger partial charge in [-0.25, -0.2) is 0 Å². The summed E-state index contributed by atoms with van der Waals surface area (Å²) < 4.78 is 0. The standard InChI is InChI=1S/C14H16ClN3/c1-10-5-11(8-17-7-10)9-18(2)14-6-12(15)3-4-13(14)16/h3-8H,9,16H2,1-2H3. The van der Waals surface area contributed by atoms with Crippen molar-refractivity contribution in [1.29, 1.82) is 0 Å². The van der Waals surface area contributed by atoms with Crippen LogP contribution in [0.15, 0.2) is 36.7 Å². The predicted molar refractivity (Wildman–Crippen MR) is 76.9 cm³/mol. The number of hydrogen-bond donors (Lipinski definition) is 1. The van der Waals surface area contributed by atoms with E-state index in [1.807, 2.05) is 38.5 Å². The number of anilines is 2. The fourth-order valence-electron chi connectivity index (χ4n) is 1.91. The summed E-state index contributed by atoms with van der Waals surface area (Å²) in [5.74, 6) is 0. The molecule has 0 radical (unpaired) electrons. The van der Waals surface area contributed by atoms with Crippen LogP contribution in [0.25, 0.3) is 0 Å². The van der Waals surface area contributed by atoms with Crippen LogP contribution in [0.1, 0.15) is 11.1 Å². The zero-order chi connectivity index (χ0) is 13.1. The van der Waals surface area contributed by atoms with Gasteiger partial charge in [0.1, 0.15) is 0 Å². The lowest BCUT2D eigenvalue weighted by molar-refractivity contribution is 0.914. The van der Waals surface area contributed by atoms with Crippen LogP contribution in [-0.4, -0.2) is 12.0 Å². The third kappa shape index (κ3) is 2.93. The number of nitrogens with zero attached hydrogens (tertiary/aromatic N) is 2. The highest BCUT2D eigenvalue weighted by atomic mass is 35.5. The van der Waals surface area contributed by atoms with Gasteiger partial charge in [-0.1, -0.05) is 17.7 Å². The molecule has 0 bridgehead atoms. The Balaban J connectivity index is 2.21. The molecule has 0 saturated carbocycles. The molecule has 0 atom stereocenters. The van der Waals surface area contributed by atoms with Crippen LogP contribution in [0.5, 0.6) is 0 Å². The maximum atomic E-state index is 5.99. The molecule has 0 unspecified atom stereocenters. The Labute approximate surface area is 112 Å². The van der Waals surface area contributed by atoms with E-state index in [2.05, 4.69) is 16.0 Å². The molecule has 94 valence electrons. The van der Waals surface area contributed by atoms with Gasteiger partial charge in [-0.15, -0.1) is 0 Å². The summed E-state index contributed by atoms with van der Waals surface area (Å²) in [6.45, 7) is 2.78. The molecule has 0 spiro atoms. The fourth-order valence-corrected chi connectivity index (χ4v) is 2.08. The fraction of sp³-hybridized carbons (Fsp3) is 0.214. The van der Waals surface area contributed by atoms with Gasteiger partial charge >= 0.3 is 0 Å². The average Bonchev–Trinajstić information content (AvgIpc) is 2.32. The Morgan fingerprint density at radius 1 is 1.28 bits per heavy atom. The molecule has 0 fully saturated rings. The molecular weight excluding hydrogens is 246 g/mol. The second-order valence-electron chi connectivity index (χ2n) is 4.43. The number of nitrogen functional groups attached to an aromatic ring is 1. The van der Waals surface area contributed by atoms with E-state index in [-0.39, 0.29) is 0 Å². The van der Waals surface area contributed by atoms with E-state index in [1.165, 1.54) is 0 Å². The number of aryl methyl sites for hydroxylation is 1. The highest BCUT2D eigenvalue weighted by Crippen LogP contribution is 2.27. The van der Waals surface area contributed by atoms with Crippen molar-refractivity contribution in [2.24, 2.45) is 0 Å². The van der Waals surface area contributed by atoms with Crippen molar-refractivity contribution >= 4 is 23.0 Å². The van der Waals surface area contributed by atoms with Crippen molar-refractivity contribution in [1.82, 2.24) is 4.98 Å². The van der Waals surface area contributed by atoms with Crippen LogP contribution in [0, 0.1) is 6.92 Å². The van der Waals surface area contributed by atoms with Crippen LogP contribution >= 0.6 is 11.6 Å². The third-order valence-corrected chi connectivity index (χ3v) is 2.99. The number of nitrogens with two attached hydrogens (primary N) is 1. The van der Waals surface area contributed by atoms with E-state index in [0.717, 1.165) is 29.0 Å². The number of benzene rings is 1. The Kier molecular flexibility index (Phi) is 3.72. The minimum Gasteiger partial charge on any atom is -0.397 e. The third-order valence-electron chi connectivity index (χ3n) is 2.76. The average molecular weight is 262 g/mol. The summed E-state index contributed by atoms with van der Waals surface area (Å²) in [5, 5.41) is 0.688. The molecule has 4 heteroatoms. The molecule has 1 aromatic carbocycles. The topological polar surface area (TPSA) is 42.2 Å². The zero-order valence-electron chi connectivity index (χ0n) is 10.5. The van der Waals surface area contributed by atoms with Gasteiger partial charge in [0.25, 0.3) is 0 Å². The van der Waals surface area contributed by atoms with Crippen LogP contribution in [0.4, 0.5) is 11.4 Å². The molecule has 1 aromatic heterocycles. The number of pyridine rings is 1. The van der Waals surface area contributed by atoms with Gasteiger partial charge in [0, 0.05) is 31.0 Å². The normalized spacial score (nSPS) is 10.4. The Hall–Kier alpha value is -1.74. The smallest absolute Gasteiger partial charge is 0.0615 e. The summed E-state index contributed by atoms with van der Waals surface area (Å²) in [5.41, 5.74) is 9.92. The second kappa shape index (κ2) is 5.27. The van der Waals surface area contributed by atoms with E-state index in [4.69, 9.17) is 17.3 Å². The van der Waals surface area contributed by atoms with Crippen molar-refractivity contribution < 1.29 is 0 Å². The molecule has 0 aliphatic carbocycles.